The number of nitrogens with one attached hydrogen (secondary N) is 2. The Morgan fingerprint density at radius 2 is 1.96 bits per heavy atom. The summed E-state index contributed by atoms with van der Waals surface area (Å²) in [4.78, 5) is 12.6. The van der Waals surface area contributed by atoms with Crippen molar-refractivity contribution in [3.63, 3.8) is 0 Å². The van der Waals surface area contributed by atoms with Gasteiger partial charge in [0.15, 0.2) is 5.96 Å². The molecule has 1 unspecified atom stereocenters. The molecule has 0 saturated carbocycles. The number of guanidine groups is 1. The first-order valence-electron chi connectivity index (χ1n) is 9.82. The molecule has 0 aliphatic carbocycles. The second-order valence-corrected chi connectivity index (χ2v) is 8.55. The van der Waals surface area contributed by atoms with E-state index in [1.807, 2.05) is 13.2 Å². The summed E-state index contributed by atoms with van der Waals surface area (Å²) in [5.74, 6) is 0.809. The zero-order valence-corrected chi connectivity index (χ0v) is 20.2. The van der Waals surface area contributed by atoms with Crippen LogP contribution in [0.3, 0.4) is 0 Å². The highest BCUT2D eigenvalue weighted by Gasteiger charge is 2.19. The first kappa shape index (κ1) is 23.1. The molecule has 0 amide bonds. The Morgan fingerprint density at radius 1 is 1.21 bits per heavy atom. The van der Waals surface area contributed by atoms with Crippen molar-refractivity contribution in [2.24, 2.45) is 4.99 Å². The first-order chi connectivity index (χ1) is 13.2. The number of aryl methyl sites for hydroxylation is 1. The van der Waals surface area contributed by atoms with E-state index in [2.05, 4.69) is 63.6 Å². The van der Waals surface area contributed by atoms with Crippen molar-refractivity contribution in [2.45, 2.75) is 58.8 Å². The summed E-state index contributed by atoms with van der Waals surface area (Å²) in [7, 11) is 1.81. The van der Waals surface area contributed by atoms with Gasteiger partial charge in [0.05, 0.1) is 6.54 Å². The number of halogens is 1. The topological polar surface area (TPSA) is 52.6 Å². The van der Waals surface area contributed by atoms with Crippen LogP contribution in [0.4, 0.5) is 0 Å². The Bertz CT molecular complexity index is 761. The maximum atomic E-state index is 4.39. The molecular formula is C21H32IN5S. The van der Waals surface area contributed by atoms with Crippen LogP contribution in [-0.4, -0.2) is 35.5 Å². The van der Waals surface area contributed by atoms with Crippen LogP contribution in [-0.2, 0) is 19.6 Å². The zero-order chi connectivity index (χ0) is 19.1. The van der Waals surface area contributed by atoms with Crippen LogP contribution in [0, 0.1) is 6.92 Å². The van der Waals surface area contributed by atoms with Crippen LogP contribution in [0.5, 0.6) is 0 Å². The third-order valence-electron chi connectivity index (χ3n) is 5.18. The van der Waals surface area contributed by atoms with Crippen LogP contribution in [0.25, 0.3) is 0 Å². The molecule has 2 N–H and O–H groups in total. The van der Waals surface area contributed by atoms with Gasteiger partial charge >= 0.3 is 0 Å². The van der Waals surface area contributed by atoms with Gasteiger partial charge in [-0.15, -0.1) is 35.3 Å². The monoisotopic (exact) mass is 513 g/mol. The molecule has 28 heavy (non-hydrogen) atoms. The van der Waals surface area contributed by atoms with E-state index in [0.717, 1.165) is 24.1 Å². The second kappa shape index (κ2) is 11.7. The van der Waals surface area contributed by atoms with Gasteiger partial charge in [-0.05, 0) is 44.4 Å². The molecule has 0 bridgehead atoms. The highest BCUT2D eigenvalue weighted by atomic mass is 127. The Hall–Kier alpha value is -1.19. The van der Waals surface area contributed by atoms with Crippen molar-refractivity contribution in [3.8, 4) is 0 Å². The molecule has 3 rings (SSSR count). The Morgan fingerprint density at radius 3 is 2.64 bits per heavy atom. The number of aromatic nitrogens is 1. The van der Waals surface area contributed by atoms with Crippen molar-refractivity contribution in [3.05, 3.63) is 51.5 Å². The smallest absolute Gasteiger partial charge is 0.191 e. The number of rotatable bonds is 6. The molecule has 1 aromatic heterocycles. The van der Waals surface area contributed by atoms with Crippen molar-refractivity contribution >= 4 is 41.3 Å². The van der Waals surface area contributed by atoms with E-state index in [0.29, 0.717) is 12.6 Å². The number of hydrogen-bond acceptors (Lipinski definition) is 4. The summed E-state index contributed by atoms with van der Waals surface area (Å²) in [5.41, 5.74) is 2.74. The third kappa shape index (κ3) is 6.70. The average molecular weight is 513 g/mol. The van der Waals surface area contributed by atoms with Gasteiger partial charge in [-0.2, -0.15) is 0 Å². The fraction of sp³-hybridized carbons (Fsp3) is 0.524. The van der Waals surface area contributed by atoms with Crippen LogP contribution in [0.15, 0.2) is 35.5 Å². The Kier molecular flexibility index (Phi) is 9.67. The van der Waals surface area contributed by atoms with Crippen molar-refractivity contribution in [1.29, 1.82) is 0 Å². The van der Waals surface area contributed by atoms with E-state index < -0.39 is 0 Å². The van der Waals surface area contributed by atoms with E-state index in [1.165, 1.54) is 41.8 Å². The number of aliphatic imine (C=N–C) groups is 1. The lowest BCUT2D eigenvalue weighted by Crippen LogP contribution is -2.38. The Labute approximate surface area is 190 Å². The van der Waals surface area contributed by atoms with Crippen LogP contribution < -0.4 is 10.6 Å². The van der Waals surface area contributed by atoms with Gasteiger partial charge in [-0.1, -0.05) is 30.7 Å². The predicted octanol–water partition coefficient (Wildman–Crippen LogP) is 4.31. The average Bonchev–Trinajstić information content (AvgIpc) is 3.10. The summed E-state index contributed by atoms with van der Waals surface area (Å²) < 4.78 is 0. The maximum absolute atomic E-state index is 4.39. The minimum atomic E-state index is 0. The van der Waals surface area contributed by atoms with Gasteiger partial charge in [-0.25, -0.2) is 4.98 Å². The summed E-state index contributed by atoms with van der Waals surface area (Å²) in [6.07, 6.45) is 5.90. The molecule has 7 heteroatoms. The highest BCUT2D eigenvalue weighted by molar-refractivity contribution is 14.0. The van der Waals surface area contributed by atoms with Gasteiger partial charge in [0, 0.05) is 37.3 Å². The lowest BCUT2D eigenvalue weighted by Gasteiger charge is -2.33. The van der Waals surface area contributed by atoms with Crippen molar-refractivity contribution < 1.29 is 0 Å². The predicted molar refractivity (Wildman–Crippen MR) is 129 cm³/mol. The summed E-state index contributed by atoms with van der Waals surface area (Å²) in [5, 5.41) is 7.88. The number of thiazole rings is 1. The molecule has 1 fully saturated rings. The fourth-order valence-corrected chi connectivity index (χ4v) is 4.26. The summed E-state index contributed by atoms with van der Waals surface area (Å²) in [6.45, 7) is 8.14. The standard InChI is InChI=1S/C21H31N5S.HI/c1-16-8-6-7-11-26(16)15-19-10-5-4-9-18(19)13-24-21(22-3)25-14-20-23-12-17(2)27-20;/h4-5,9-10,12,16H,6-8,11,13-15H2,1-3H3,(H2,22,24,25);1H. The first-order valence-corrected chi connectivity index (χ1v) is 10.6. The lowest BCUT2D eigenvalue weighted by molar-refractivity contribution is 0.152. The molecule has 1 saturated heterocycles. The molecular weight excluding hydrogens is 481 g/mol. The highest BCUT2D eigenvalue weighted by Crippen LogP contribution is 2.20. The number of hydrogen-bond donors (Lipinski definition) is 2. The van der Waals surface area contributed by atoms with Gasteiger partial charge in [0.1, 0.15) is 5.01 Å². The number of nitrogens with zero attached hydrogens (tertiary/aromatic N) is 3. The molecule has 1 aromatic carbocycles. The van der Waals surface area contributed by atoms with Gasteiger partial charge < -0.3 is 10.6 Å². The van der Waals surface area contributed by atoms with Crippen LogP contribution in [0.2, 0.25) is 0 Å². The molecule has 2 aromatic rings. The Balaban J connectivity index is 0.00000280. The summed E-state index contributed by atoms with van der Waals surface area (Å²) >= 11 is 1.71. The molecule has 1 aliphatic rings. The number of likely N-dealkylation sites (tertiary alicyclic amines) is 1. The minimum Gasteiger partial charge on any atom is -0.352 e. The van der Waals surface area contributed by atoms with E-state index in [-0.39, 0.29) is 24.0 Å². The SMILES string of the molecule is CN=C(NCc1ncc(C)s1)NCc1ccccc1CN1CCCCC1C.I. The van der Waals surface area contributed by atoms with E-state index in [4.69, 9.17) is 0 Å². The van der Waals surface area contributed by atoms with Gasteiger partial charge in [0.2, 0.25) is 0 Å². The normalized spacial score (nSPS) is 17.8. The molecule has 5 nitrogen and oxygen atoms in total. The summed E-state index contributed by atoms with van der Waals surface area (Å²) in [6, 6.07) is 9.41. The maximum Gasteiger partial charge on any atom is 0.191 e. The molecule has 0 radical (unpaired) electrons. The minimum absolute atomic E-state index is 0. The molecule has 1 aliphatic heterocycles. The number of benzene rings is 1. The molecule has 1 atom stereocenters. The quantitative estimate of drug-likeness (QED) is 0.344. The largest absolute Gasteiger partial charge is 0.352 e. The van der Waals surface area contributed by atoms with Crippen LogP contribution in [0.1, 0.15) is 47.2 Å². The molecule has 2 heterocycles. The zero-order valence-electron chi connectivity index (χ0n) is 17.1. The third-order valence-corrected chi connectivity index (χ3v) is 6.09. The molecule has 0 spiro atoms. The fourth-order valence-electron chi connectivity index (χ4n) is 3.54. The van der Waals surface area contributed by atoms with Crippen LogP contribution >= 0.6 is 35.3 Å². The van der Waals surface area contributed by atoms with E-state index in [9.17, 15) is 0 Å². The van der Waals surface area contributed by atoms with Crippen molar-refractivity contribution in [1.82, 2.24) is 20.5 Å². The number of piperidine rings is 1. The van der Waals surface area contributed by atoms with E-state index in [1.54, 1.807) is 11.3 Å². The van der Waals surface area contributed by atoms with Gasteiger partial charge in [0.25, 0.3) is 0 Å². The van der Waals surface area contributed by atoms with Gasteiger partial charge in [-0.3, -0.25) is 9.89 Å². The molecule has 154 valence electrons. The second-order valence-electron chi connectivity index (χ2n) is 7.23. The van der Waals surface area contributed by atoms with Crippen molar-refractivity contribution in [2.75, 3.05) is 13.6 Å². The van der Waals surface area contributed by atoms with E-state index >= 15 is 0 Å². The lowest BCUT2D eigenvalue weighted by atomic mass is 10.0.